The van der Waals surface area contributed by atoms with Gasteiger partial charge < -0.3 is 9.47 Å². The Hall–Kier alpha value is -2.54. The van der Waals surface area contributed by atoms with Crippen LogP contribution in [-0.2, 0) is 21.4 Å². The number of methoxy groups -OCH3 is 1. The maximum absolute atomic E-state index is 12.1. The summed E-state index contributed by atoms with van der Waals surface area (Å²) in [6, 6.07) is 13.3. The molecule has 2 rings (SSSR count). The van der Waals surface area contributed by atoms with Crippen molar-refractivity contribution in [3.63, 3.8) is 0 Å². The Balaban J connectivity index is 2.04. The van der Waals surface area contributed by atoms with Crippen LogP contribution in [-0.4, -0.2) is 27.8 Å². The van der Waals surface area contributed by atoms with Gasteiger partial charge in [0.2, 0.25) is 10.0 Å². The van der Waals surface area contributed by atoms with Crippen molar-refractivity contribution >= 4 is 21.7 Å². The summed E-state index contributed by atoms with van der Waals surface area (Å²) in [5.41, 5.74) is 1.37. The standard InChI is InChI=1S/C16H17NO5S/c1-21-15-8-3-5-12(9-15)11-22-16(18)13-6-4-7-14(10-13)17-23(2,19)20/h3-10,17H,11H2,1-2H3. The molecule has 2 aromatic rings. The van der Waals surface area contributed by atoms with Crippen LogP contribution in [0.2, 0.25) is 0 Å². The van der Waals surface area contributed by atoms with Crippen molar-refractivity contribution in [2.45, 2.75) is 6.61 Å². The van der Waals surface area contributed by atoms with Crippen LogP contribution >= 0.6 is 0 Å². The van der Waals surface area contributed by atoms with Crippen LogP contribution in [0.3, 0.4) is 0 Å². The van der Waals surface area contributed by atoms with E-state index < -0.39 is 16.0 Å². The number of esters is 1. The second-order valence-electron chi connectivity index (χ2n) is 4.88. The van der Waals surface area contributed by atoms with Crippen LogP contribution < -0.4 is 9.46 Å². The normalized spacial score (nSPS) is 10.9. The minimum absolute atomic E-state index is 0.0970. The number of nitrogens with one attached hydrogen (secondary N) is 1. The van der Waals surface area contributed by atoms with Crippen LogP contribution in [0.4, 0.5) is 5.69 Å². The van der Waals surface area contributed by atoms with E-state index in [4.69, 9.17) is 9.47 Å². The lowest BCUT2D eigenvalue weighted by Gasteiger charge is -2.08. The van der Waals surface area contributed by atoms with Gasteiger partial charge in [0.05, 0.1) is 18.9 Å². The summed E-state index contributed by atoms with van der Waals surface area (Å²) < 4.78 is 35.1. The molecule has 0 heterocycles. The molecular weight excluding hydrogens is 318 g/mol. The van der Waals surface area contributed by atoms with Crippen LogP contribution in [0, 0.1) is 0 Å². The maximum atomic E-state index is 12.1. The van der Waals surface area contributed by atoms with Crippen LogP contribution in [0.5, 0.6) is 5.75 Å². The third-order valence-electron chi connectivity index (χ3n) is 2.91. The molecule has 0 aliphatic carbocycles. The molecule has 0 saturated carbocycles. The van der Waals surface area contributed by atoms with Gasteiger partial charge >= 0.3 is 5.97 Å². The number of benzene rings is 2. The third-order valence-corrected chi connectivity index (χ3v) is 3.51. The number of hydrogen-bond donors (Lipinski definition) is 1. The lowest BCUT2D eigenvalue weighted by Crippen LogP contribution is -2.11. The number of ether oxygens (including phenoxy) is 2. The first-order valence-corrected chi connectivity index (χ1v) is 8.64. The first-order valence-electron chi connectivity index (χ1n) is 6.75. The molecule has 122 valence electrons. The zero-order valence-electron chi connectivity index (χ0n) is 12.8. The minimum Gasteiger partial charge on any atom is -0.497 e. The van der Waals surface area contributed by atoms with Crippen molar-refractivity contribution in [1.82, 2.24) is 0 Å². The Kier molecular flexibility index (Phi) is 5.23. The van der Waals surface area contributed by atoms with Crippen molar-refractivity contribution < 1.29 is 22.7 Å². The summed E-state index contributed by atoms with van der Waals surface area (Å²) in [6.07, 6.45) is 1.04. The molecule has 6 nitrogen and oxygen atoms in total. The summed E-state index contributed by atoms with van der Waals surface area (Å²) in [7, 11) is -1.84. The topological polar surface area (TPSA) is 81.7 Å². The van der Waals surface area contributed by atoms with Crippen molar-refractivity contribution in [3.05, 3.63) is 59.7 Å². The van der Waals surface area contributed by atoms with Gasteiger partial charge in [-0.2, -0.15) is 0 Å². The molecule has 0 amide bonds. The Morgan fingerprint density at radius 1 is 1.13 bits per heavy atom. The molecule has 0 aliphatic rings. The number of anilines is 1. The summed E-state index contributed by atoms with van der Waals surface area (Å²) in [6.45, 7) is 0.0970. The predicted octanol–water partition coefficient (Wildman–Crippen LogP) is 2.42. The molecule has 0 unspecified atom stereocenters. The Morgan fingerprint density at radius 2 is 1.87 bits per heavy atom. The third kappa shape index (κ3) is 5.30. The fourth-order valence-corrected chi connectivity index (χ4v) is 2.47. The van der Waals surface area contributed by atoms with E-state index in [1.54, 1.807) is 43.5 Å². The molecule has 0 radical (unpaired) electrons. The highest BCUT2D eigenvalue weighted by atomic mass is 32.2. The van der Waals surface area contributed by atoms with Gasteiger partial charge in [-0.25, -0.2) is 13.2 Å². The molecule has 0 atom stereocenters. The molecule has 0 aliphatic heterocycles. The highest BCUT2D eigenvalue weighted by Gasteiger charge is 2.10. The van der Waals surface area contributed by atoms with E-state index in [0.29, 0.717) is 11.4 Å². The van der Waals surface area contributed by atoms with Gasteiger partial charge in [-0.05, 0) is 35.9 Å². The second kappa shape index (κ2) is 7.15. The average molecular weight is 335 g/mol. The van der Waals surface area contributed by atoms with Gasteiger partial charge in [-0.3, -0.25) is 4.72 Å². The van der Waals surface area contributed by atoms with E-state index >= 15 is 0 Å². The molecule has 0 bridgehead atoms. The predicted molar refractivity (Wildman–Crippen MR) is 87.0 cm³/mol. The first kappa shape index (κ1) is 16.8. The van der Waals surface area contributed by atoms with Crippen molar-refractivity contribution in [3.8, 4) is 5.75 Å². The van der Waals surface area contributed by atoms with Crippen molar-refractivity contribution in [2.75, 3.05) is 18.1 Å². The molecule has 0 fully saturated rings. The first-order chi connectivity index (χ1) is 10.9. The van der Waals surface area contributed by atoms with Gasteiger partial charge in [0.1, 0.15) is 12.4 Å². The zero-order valence-corrected chi connectivity index (χ0v) is 13.6. The summed E-state index contributed by atoms with van der Waals surface area (Å²) in [4.78, 5) is 12.1. The number of carbonyl (C=O) groups excluding carboxylic acids is 1. The van der Waals surface area contributed by atoms with Gasteiger partial charge in [-0.1, -0.05) is 18.2 Å². The fourth-order valence-electron chi connectivity index (χ4n) is 1.92. The average Bonchev–Trinajstić information content (AvgIpc) is 2.51. The molecule has 0 spiro atoms. The molecule has 1 N–H and O–H groups in total. The molecule has 0 aromatic heterocycles. The quantitative estimate of drug-likeness (QED) is 0.820. The van der Waals surface area contributed by atoms with E-state index in [1.807, 2.05) is 6.07 Å². The van der Waals surface area contributed by atoms with E-state index in [1.165, 1.54) is 6.07 Å². The van der Waals surface area contributed by atoms with E-state index in [0.717, 1.165) is 11.8 Å². The van der Waals surface area contributed by atoms with E-state index in [-0.39, 0.29) is 12.2 Å². The summed E-state index contributed by atoms with van der Waals surface area (Å²) >= 11 is 0. The molecular formula is C16H17NO5S. The number of hydrogen-bond acceptors (Lipinski definition) is 5. The molecule has 7 heteroatoms. The van der Waals surface area contributed by atoms with Crippen LogP contribution in [0.1, 0.15) is 15.9 Å². The SMILES string of the molecule is COc1cccc(COC(=O)c2cccc(NS(C)(=O)=O)c2)c1. The Morgan fingerprint density at radius 3 is 2.57 bits per heavy atom. The summed E-state index contributed by atoms with van der Waals surface area (Å²) in [5, 5.41) is 0. The van der Waals surface area contributed by atoms with Crippen molar-refractivity contribution in [2.24, 2.45) is 0 Å². The van der Waals surface area contributed by atoms with Gasteiger partial charge in [0.25, 0.3) is 0 Å². The molecule has 0 saturated heterocycles. The van der Waals surface area contributed by atoms with Gasteiger partial charge in [-0.15, -0.1) is 0 Å². The molecule has 2 aromatic carbocycles. The van der Waals surface area contributed by atoms with Crippen molar-refractivity contribution in [1.29, 1.82) is 0 Å². The monoisotopic (exact) mass is 335 g/mol. The molecule has 23 heavy (non-hydrogen) atoms. The zero-order chi connectivity index (χ0) is 16.9. The number of sulfonamides is 1. The minimum atomic E-state index is -3.40. The second-order valence-corrected chi connectivity index (χ2v) is 6.63. The van der Waals surface area contributed by atoms with Crippen LogP contribution in [0.25, 0.3) is 0 Å². The number of rotatable bonds is 6. The summed E-state index contributed by atoms with van der Waals surface area (Å²) in [5.74, 6) is 0.142. The van der Waals surface area contributed by atoms with Crippen LogP contribution in [0.15, 0.2) is 48.5 Å². The van der Waals surface area contributed by atoms with E-state index in [9.17, 15) is 13.2 Å². The number of carbonyl (C=O) groups is 1. The fraction of sp³-hybridized carbons (Fsp3) is 0.188. The van der Waals surface area contributed by atoms with E-state index in [2.05, 4.69) is 4.72 Å². The van der Waals surface area contributed by atoms with Gasteiger partial charge in [0, 0.05) is 5.69 Å². The highest BCUT2D eigenvalue weighted by molar-refractivity contribution is 7.92. The maximum Gasteiger partial charge on any atom is 0.338 e. The lowest BCUT2D eigenvalue weighted by molar-refractivity contribution is 0.0472. The van der Waals surface area contributed by atoms with Gasteiger partial charge in [0.15, 0.2) is 0 Å². The Labute approximate surface area is 135 Å². The highest BCUT2D eigenvalue weighted by Crippen LogP contribution is 2.16. The lowest BCUT2D eigenvalue weighted by atomic mass is 10.2. The largest absolute Gasteiger partial charge is 0.497 e. The smallest absolute Gasteiger partial charge is 0.338 e. The Bertz CT molecular complexity index is 802.